The van der Waals surface area contributed by atoms with Crippen LogP contribution in [-0.4, -0.2) is 24.9 Å². The molecule has 0 atom stereocenters. The summed E-state index contributed by atoms with van der Waals surface area (Å²) in [5.41, 5.74) is 1.04. The Labute approximate surface area is 229 Å². The number of nitrogens with zero attached hydrogens (tertiary/aromatic N) is 1. The molecule has 2 aromatic carbocycles. The fourth-order valence-corrected chi connectivity index (χ4v) is 6.27. The lowest BCUT2D eigenvalue weighted by Gasteiger charge is -2.13. The van der Waals surface area contributed by atoms with E-state index in [0.29, 0.717) is 48.8 Å². The van der Waals surface area contributed by atoms with Crippen LogP contribution < -0.4 is 0 Å². The van der Waals surface area contributed by atoms with Gasteiger partial charge in [-0.25, -0.2) is 12.8 Å². The fraction of sp³-hybridized carbons (Fsp3) is 0.333. The zero-order valence-corrected chi connectivity index (χ0v) is 22.3. The molecule has 0 radical (unpaired) electrons. The Balaban J connectivity index is 1.11. The highest BCUT2D eigenvalue weighted by Crippen LogP contribution is 2.51. The number of aromatic nitrogens is 1. The number of pyridine rings is 1. The first-order valence-electron chi connectivity index (χ1n) is 13.0. The lowest BCUT2D eigenvalue weighted by molar-refractivity contribution is -0.137. The smallest absolute Gasteiger partial charge is 0.417 e. The number of sulfone groups is 1. The predicted molar refractivity (Wildman–Crippen MR) is 142 cm³/mol. The topological polar surface area (TPSA) is 77.2 Å². The van der Waals surface area contributed by atoms with E-state index < -0.39 is 32.8 Å². The first-order chi connectivity index (χ1) is 19.0. The number of carbonyl (C=O) groups excluding carboxylic acids is 1. The van der Waals surface area contributed by atoms with E-state index in [1.54, 1.807) is 6.07 Å². The molecule has 0 aliphatic heterocycles. The Morgan fingerprint density at radius 2 is 1.80 bits per heavy atom. The van der Waals surface area contributed by atoms with Crippen LogP contribution in [0.25, 0.3) is 22.2 Å². The van der Waals surface area contributed by atoms with Gasteiger partial charge in [0.25, 0.3) is 0 Å². The van der Waals surface area contributed by atoms with Gasteiger partial charge in [0.1, 0.15) is 17.2 Å². The summed E-state index contributed by atoms with van der Waals surface area (Å²) in [7, 11) is -3.76. The number of unbranched alkanes of at least 4 members (excludes halogenated alkanes) is 1. The van der Waals surface area contributed by atoms with Crippen LogP contribution in [0.2, 0.25) is 0 Å². The zero-order valence-electron chi connectivity index (χ0n) is 21.5. The maximum Gasteiger partial charge on any atom is 0.417 e. The van der Waals surface area contributed by atoms with Gasteiger partial charge in [-0.15, -0.1) is 0 Å². The molecule has 2 heterocycles. The van der Waals surface area contributed by atoms with Crippen LogP contribution >= 0.6 is 0 Å². The number of Topliss-reactive ketones (excluding diaryl/α,β-unsaturated/α-hetero) is 1. The molecule has 0 bridgehead atoms. The summed E-state index contributed by atoms with van der Waals surface area (Å²) < 4.78 is 82.9. The molecule has 1 saturated carbocycles. The summed E-state index contributed by atoms with van der Waals surface area (Å²) >= 11 is 0. The van der Waals surface area contributed by atoms with Crippen LogP contribution in [0.3, 0.4) is 0 Å². The van der Waals surface area contributed by atoms with Crippen molar-refractivity contribution in [2.24, 2.45) is 5.41 Å². The molecule has 210 valence electrons. The first-order valence-corrected chi connectivity index (χ1v) is 14.7. The number of ketones is 1. The molecule has 5 rings (SSSR count). The maximum atomic E-state index is 13.4. The third kappa shape index (κ3) is 6.27. The van der Waals surface area contributed by atoms with Gasteiger partial charge in [-0.3, -0.25) is 9.78 Å². The largest absolute Gasteiger partial charge is 0.445 e. The molecule has 1 aliphatic rings. The van der Waals surface area contributed by atoms with Gasteiger partial charge in [0.2, 0.25) is 14.9 Å². The summed E-state index contributed by atoms with van der Waals surface area (Å²) in [6, 6.07) is 14.9. The average Bonchev–Trinajstić information content (AvgIpc) is 3.60. The van der Waals surface area contributed by atoms with E-state index in [0.717, 1.165) is 29.8 Å². The molecule has 40 heavy (non-hydrogen) atoms. The van der Waals surface area contributed by atoms with E-state index in [1.165, 1.54) is 30.3 Å². The molecule has 0 spiro atoms. The molecule has 10 heteroatoms. The van der Waals surface area contributed by atoms with Crippen molar-refractivity contribution in [1.29, 1.82) is 0 Å². The van der Waals surface area contributed by atoms with Gasteiger partial charge in [-0.1, -0.05) is 18.2 Å². The molecule has 0 N–H and O–H groups in total. The van der Waals surface area contributed by atoms with Gasteiger partial charge in [0, 0.05) is 35.0 Å². The van der Waals surface area contributed by atoms with Gasteiger partial charge in [-0.2, -0.15) is 13.2 Å². The summed E-state index contributed by atoms with van der Waals surface area (Å²) in [5, 5.41) is 0.155. The second kappa shape index (κ2) is 10.8. The molecule has 0 saturated heterocycles. The SMILES string of the molecule is O=C(CCCCc1cccc(-c2ccc(C(F)(F)F)cn2)c1)C1(CCS(=O)(=O)c2cc3cc(F)ccc3o2)CC1. The highest BCUT2D eigenvalue weighted by Gasteiger charge is 2.49. The lowest BCUT2D eigenvalue weighted by atomic mass is 9.93. The van der Waals surface area contributed by atoms with Crippen LogP contribution in [0.1, 0.15) is 49.7 Å². The number of benzene rings is 2. The normalized spacial score (nSPS) is 14.9. The molecule has 5 nitrogen and oxygen atoms in total. The maximum absolute atomic E-state index is 13.4. The number of hydrogen-bond donors (Lipinski definition) is 0. The van der Waals surface area contributed by atoms with Gasteiger partial charge in [0.15, 0.2) is 0 Å². The van der Waals surface area contributed by atoms with Gasteiger partial charge >= 0.3 is 6.18 Å². The zero-order chi connectivity index (χ0) is 28.5. The minimum Gasteiger partial charge on any atom is -0.445 e. The second-order valence-electron chi connectivity index (χ2n) is 10.4. The number of fused-ring (bicyclic) bond motifs is 1. The van der Waals surface area contributed by atoms with Crippen LogP contribution in [0, 0.1) is 11.2 Å². The minimum atomic E-state index is -4.44. The van der Waals surface area contributed by atoms with Crippen molar-refractivity contribution < 1.29 is 35.2 Å². The number of halogens is 4. The van der Waals surface area contributed by atoms with Crippen molar-refractivity contribution in [3.8, 4) is 11.3 Å². The van der Waals surface area contributed by atoms with Crippen molar-refractivity contribution in [1.82, 2.24) is 4.98 Å². The monoisotopic (exact) mass is 573 g/mol. The molecule has 2 aromatic heterocycles. The van der Waals surface area contributed by atoms with Gasteiger partial charge in [0.05, 0.1) is 17.0 Å². The summed E-state index contributed by atoms with van der Waals surface area (Å²) in [4.78, 5) is 16.9. The van der Waals surface area contributed by atoms with Crippen molar-refractivity contribution in [3.63, 3.8) is 0 Å². The molecule has 0 unspecified atom stereocenters. The van der Waals surface area contributed by atoms with Crippen LogP contribution in [0.4, 0.5) is 17.6 Å². The van der Waals surface area contributed by atoms with Crippen molar-refractivity contribution in [3.05, 3.63) is 83.8 Å². The highest BCUT2D eigenvalue weighted by molar-refractivity contribution is 7.91. The Morgan fingerprint density at radius 1 is 1.00 bits per heavy atom. The number of rotatable bonds is 11. The van der Waals surface area contributed by atoms with Crippen molar-refractivity contribution in [2.75, 3.05) is 5.75 Å². The summed E-state index contributed by atoms with van der Waals surface area (Å²) in [6.07, 6.45) is 0.356. The molecular weight excluding hydrogens is 546 g/mol. The fourth-order valence-electron chi connectivity index (χ4n) is 4.89. The third-order valence-electron chi connectivity index (χ3n) is 7.49. The van der Waals surface area contributed by atoms with E-state index in [4.69, 9.17) is 4.42 Å². The number of aryl methyl sites for hydroxylation is 1. The van der Waals surface area contributed by atoms with E-state index in [9.17, 15) is 30.8 Å². The second-order valence-corrected chi connectivity index (χ2v) is 12.4. The quantitative estimate of drug-likeness (QED) is 0.137. The molecule has 1 aliphatic carbocycles. The Kier molecular flexibility index (Phi) is 7.56. The van der Waals surface area contributed by atoms with E-state index >= 15 is 0 Å². The molecule has 4 aromatic rings. The van der Waals surface area contributed by atoms with E-state index in [-0.39, 0.29) is 23.0 Å². The minimum absolute atomic E-state index is 0.0667. The number of furan rings is 1. The first kappa shape index (κ1) is 28.0. The summed E-state index contributed by atoms with van der Waals surface area (Å²) in [6.45, 7) is 0. The molecule has 0 amide bonds. The van der Waals surface area contributed by atoms with E-state index in [1.807, 2.05) is 18.2 Å². The van der Waals surface area contributed by atoms with Crippen LogP contribution in [0.15, 0.2) is 76.4 Å². The number of carbonyl (C=O) groups is 1. The summed E-state index contributed by atoms with van der Waals surface area (Å²) in [5.74, 6) is -0.632. The van der Waals surface area contributed by atoms with Crippen molar-refractivity contribution >= 4 is 26.6 Å². The van der Waals surface area contributed by atoms with E-state index in [2.05, 4.69) is 4.98 Å². The lowest BCUT2D eigenvalue weighted by Crippen LogP contribution is -2.20. The van der Waals surface area contributed by atoms with Crippen LogP contribution in [-0.2, 0) is 27.2 Å². The number of hydrogen-bond acceptors (Lipinski definition) is 5. The molecule has 1 fully saturated rings. The highest BCUT2D eigenvalue weighted by atomic mass is 32.2. The van der Waals surface area contributed by atoms with Gasteiger partial charge in [-0.05, 0) is 80.5 Å². The predicted octanol–water partition coefficient (Wildman–Crippen LogP) is 7.58. The van der Waals surface area contributed by atoms with Crippen molar-refractivity contribution in [2.45, 2.75) is 56.2 Å². The third-order valence-corrected chi connectivity index (χ3v) is 9.05. The van der Waals surface area contributed by atoms with Gasteiger partial charge < -0.3 is 4.42 Å². The standard InChI is InChI=1S/C30H27F4NO4S/c31-24-9-11-26-22(17-24)18-28(39-26)40(37,38)15-14-29(12-13-29)27(36)7-2-1-4-20-5-3-6-21(16-20)25-10-8-23(19-35-25)30(32,33)34/h3,5-6,8-11,16-19H,1-2,4,7,12-15H2. The average molecular weight is 574 g/mol. The Hall–Kier alpha value is -3.53. The Bertz CT molecular complexity index is 1640. The molecular formula is C30H27F4NO4S. The Morgan fingerprint density at radius 3 is 2.50 bits per heavy atom. The van der Waals surface area contributed by atoms with Crippen LogP contribution in [0.5, 0.6) is 0 Å². The number of alkyl halides is 3.